The van der Waals surface area contributed by atoms with E-state index in [1.807, 2.05) is 0 Å². The average molecular weight is 313 g/mol. The van der Waals surface area contributed by atoms with Crippen molar-refractivity contribution in [3.63, 3.8) is 0 Å². The summed E-state index contributed by atoms with van der Waals surface area (Å²) in [7, 11) is 0. The summed E-state index contributed by atoms with van der Waals surface area (Å²) >= 11 is 5.78. The molecule has 0 aromatic heterocycles. The van der Waals surface area contributed by atoms with Gasteiger partial charge >= 0.3 is 5.97 Å². The Morgan fingerprint density at radius 1 is 1.29 bits per heavy atom. The first-order valence-corrected chi connectivity index (χ1v) is 6.69. The fraction of sp³-hybridized carbons (Fsp3) is 0.357. The number of amides is 2. The number of carbonyl (C=O) groups is 3. The number of carbonyl (C=O) groups excluding carboxylic acids is 2. The Hall–Kier alpha value is -2.08. The van der Waals surface area contributed by atoms with Crippen LogP contribution in [0.5, 0.6) is 0 Å². The zero-order chi connectivity index (χ0) is 16.0. The number of nitrogens with one attached hydrogen (secondary N) is 1. The highest BCUT2D eigenvalue weighted by Gasteiger charge is 2.23. The lowest BCUT2D eigenvalue weighted by atomic mass is 10.2. The molecular weight excluding hydrogens is 296 g/mol. The summed E-state index contributed by atoms with van der Waals surface area (Å²) in [5.41, 5.74) is 0.754. The predicted octanol–water partition coefficient (Wildman–Crippen LogP) is 1.28. The van der Waals surface area contributed by atoms with Crippen molar-refractivity contribution in [1.82, 2.24) is 10.2 Å². The van der Waals surface area contributed by atoms with Crippen LogP contribution >= 0.6 is 11.6 Å². The molecule has 6 nitrogen and oxygen atoms in total. The van der Waals surface area contributed by atoms with E-state index in [4.69, 9.17) is 16.7 Å². The van der Waals surface area contributed by atoms with Crippen molar-refractivity contribution in [2.75, 3.05) is 6.54 Å². The second kappa shape index (κ2) is 7.64. The fourth-order valence-electron chi connectivity index (χ4n) is 1.83. The van der Waals surface area contributed by atoms with Gasteiger partial charge in [0.25, 0.3) is 0 Å². The topological polar surface area (TPSA) is 86.7 Å². The first-order valence-electron chi connectivity index (χ1n) is 6.31. The summed E-state index contributed by atoms with van der Waals surface area (Å²) in [4.78, 5) is 35.3. The summed E-state index contributed by atoms with van der Waals surface area (Å²) in [6.45, 7) is 2.50. The minimum Gasteiger partial charge on any atom is -0.480 e. The van der Waals surface area contributed by atoms with Crippen LogP contribution in [0.4, 0.5) is 0 Å². The Balaban J connectivity index is 2.84. The zero-order valence-corrected chi connectivity index (χ0v) is 12.6. The van der Waals surface area contributed by atoms with E-state index in [1.165, 1.54) is 18.7 Å². The van der Waals surface area contributed by atoms with E-state index in [-0.39, 0.29) is 12.5 Å². The highest BCUT2D eigenvalue weighted by Crippen LogP contribution is 2.12. The highest BCUT2D eigenvalue weighted by atomic mass is 35.5. The Morgan fingerprint density at radius 2 is 1.86 bits per heavy atom. The van der Waals surface area contributed by atoms with Crippen LogP contribution in [-0.4, -0.2) is 40.4 Å². The molecule has 0 bridgehead atoms. The summed E-state index contributed by atoms with van der Waals surface area (Å²) in [6.07, 6.45) is 0. The Bertz CT molecular complexity index is 530. The summed E-state index contributed by atoms with van der Waals surface area (Å²) in [6, 6.07) is 5.98. The quantitative estimate of drug-likeness (QED) is 0.828. The molecule has 1 aromatic rings. The SMILES string of the molecule is CC(=O)NC(C)C(=O)N(CC(=O)O)Cc1ccc(Cl)cc1. The number of nitrogens with zero attached hydrogens (tertiary/aromatic N) is 1. The minimum absolute atomic E-state index is 0.131. The van der Waals surface area contributed by atoms with Gasteiger partial charge in [-0.25, -0.2) is 0 Å². The lowest BCUT2D eigenvalue weighted by Gasteiger charge is -2.24. The smallest absolute Gasteiger partial charge is 0.323 e. The number of carboxylic acids is 1. The maximum atomic E-state index is 12.2. The van der Waals surface area contributed by atoms with Crippen LogP contribution in [0.3, 0.4) is 0 Å². The molecule has 21 heavy (non-hydrogen) atoms. The second-order valence-electron chi connectivity index (χ2n) is 4.64. The molecule has 0 aliphatic rings. The highest BCUT2D eigenvalue weighted by molar-refractivity contribution is 6.30. The number of carboxylic acid groups (broad SMARTS) is 1. The molecule has 0 spiro atoms. The van der Waals surface area contributed by atoms with Gasteiger partial charge in [-0.05, 0) is 24.6 Å². The molecule has 7 heteroatoms. The van der Waals surface area contributed by atoms with Gasteiger partial charge in [0.2, 0.25) is 11.8 Å². The van der Waals surface area contributed by atoms with Crippen molar-refractivity contribution < 1.29 is 19.5 Å². The van der Waals surface area contributed by atoms with Gasteiger partial charge in [-0.1, -0.05) is 23.7 Å². The van der Waals surface area contributed by atoms with Gasteiger partial charge in [0, 0.05) is 18.5 Å². The van der Waals surface area contributed by atoms with Crippen molar-refractivity contribution in [3.8, 4) is 0 Å². The standard InChI is InChI=1S/C14H17ClN2O4/c1-9(16-10(2)18)14(21)17(8-13(19)20)7-11-3-5-12(15)6-4-11/h3-6,9H,7-8H2,1-2H3,(H,16,18)(H,19,20). The van der Waals surface area contributed by atoms with Crippen LogP contribution in [0.15, 0.2) is 24.3 Å². The van der Waals surface area contributed by atoms with Gasteiger partial charge in [-0.15, -0.1) is 0 Å². The first kappa shape index (κ1) is 17.0. The van der Waals surface area contributed by atoms with Gasteiger partial charge in [0.05, 0.1) is 0 Å². The number of benzene rings is 1. The Labute approximate surface area is 127 Å². The third kappa shape index (κ3) is 5.83. The van der Waals surface area contributed by atoms with Crippen LogP contribution in [0.25, 0.3) is 0 Å². The van der Waals surface area contributed by atoms with Gasteiger partial charge in [0.15, 0.2) is 0 Å². The van der Waals surface area contributed by atoms with E-state index < -0.39 is 24.5 Å². The fourth-order valence-corrected chi connectivity index (χ4v) is 1.95. The molecule has 0 aliphatic carbocycles. The van der Waals surface area contributed by atoms with E-state index >= 15 is 0 Å². The maximum Gasteiger partial charge on any atom is 0.323 e. The molecule has 1 aromatic carbocycles. The normalized spacial score (nSPS) is 11.6. The molecule has 114 valence electrons. The molecule has 1 unspecified atom stereocenters. The van der Waals surface area contributed by atoms with E-state index in [9.17, 15) is 14.4 Å². The number of hydrogen-bond donors (Lipinski definition) is 2. The number of rotatable bonds is 6. The third-order valence-electron chi connectivity index (χ3n) is 2.71. The van der Waals surface area contributed by atoms with Gasteiger partial charge in [0.1, 0.15) is 12.6 Å². The molecule has 1 atom stereocenters. The molecule has 0 aliphatic heterocycles. The van der Waals surface area contributed by atoms with Crippen LogP contribution in [0, 0.1) is 0 Å². The first-order chi connectivity index (χ1) is 9.79. The van der Waals surface area contributed by atoms with Gasteiger partial charge in [-0.3, -0.25) is 14.4 Å². The molecule has 2 amide bonds. The van der Waals surface area contributed by atoms with Gasteiger partial charge < -0.3 is 15.3 Å². The molecular formula is C14H17ClN2O4. The van der Waals surface area contributed by atoms with E-state index in [0.717, 1.165) is 5.56 Å². The van der Waals surface area contributed by atoms with E-state index in [2.05, 4.69) is 5.32 Å². The largest absolute Gasteiger partial charge is 0.480 e. The second-order valence-corrected chi connectivity index (χ2v) is 5.07. The minimum atomic E-state index is -1.12. The van der Waals surface area contributed by atoms with E-state index in [0.29, 0.717) is 5.02 Å². The van der Waals surface area contributed by atoms with Crippen LogP contribution in [0.2, 0.25) is 5.02 Å². The van der Waals surface area contributed by atoms with Crippen molar-refractivity contribution in [2.45, 2.75) is 26.4 Å². The Morgan fingerprint density at radius 3 is 2.33 bits per heavy atom. The van der Waals surface area contributed by atoms with Crippen molar-refractivity contribution in [1.29, 1.82) is 0 Å². The summed E-state index contributed by atoms with van der Waals surface area (Å²) < 4.78 is 0. The molecule has 1 rings (SSSR count). The number of aliphatic carboxylic acids is 1. The van der Waals surface area contributed by atoms with Crippen LogP contribution in [-0.2, 0) is 20.9 Å². The maximum absolute atomic E-state index is 12.2. The predicted molar refractivity (Wildman–Crippen MR) is 77.8 cm³/mol. The molecule has 0 saturated carbocycles. The lowest BCUT2D eigenvalue weighted by Crippen LogP contribution is -2.47. The zero-order valence-electron chi connectivity index (χ0n) is 11.8. The Kier molecular flexibility index (Phi) is 6.17. The lowest BCUT2D eigenvalue weighted by molar-refractivity contribution is -0.146. The van der Waals surface area contributed by atoms with Crippen LogP contribution in [0.1, 0.15) is 19.4 Å². The molecule has 0 radical (unpaired) electrons. The molecule has 2 N–H and O–H groups in total. The average Bonchev–Trinajstić information content (AvgIpc) is 2.38. The summed E-state index contributed by atoms with van der Waals surface area (Å²) in [5.74, 6) is -1.92. The third-order valence-corrected chi connectivity index (χ3v) is 2.97. The monoisotopic (exact) mass is 312 g/mol. The van der Waals surface area contributed by atoms with Crippen molar-refractivity contribution >= 4 is 29.4 Å². The molecule has 0 fully saturated rings. The van der Waals surface area contributed by atoms with E-state index in [1.54, 1.807) is 24.3 Å². The van der Waals surface area contributed by atoms with Crippen molar-refractivity contribution in [3.05, 3.63) is 34.9 Å². The van der Waals surface area contributed by atoms with Crippen LogP contribution < -0.4 is 5.32 Å². The van der Waals surface area contributed by atoms with Gasteiger partial charge in [-0.2, -0.15) is 0 Å². The number of hydrogen-bond acceptors (Lipinski definition) is 3. The molecule has 0 heterocycles. The molecule has 0 saturated heterocycles. The summed E-state index contributed by atoms with van der Waals surface area (Å²) in [5, 5.41) is 11.9. The van der Waals surface area contributed by atoms with Crippen molar-refractivity contribution in [2.24, 2.45) is 0 Å². The number of halogens is 1.